The van der Waals surface area contributed by atoms with Gasteiger partial charge in [0.2, 0.25) is 0 Å². The second-order valence-electron chi connectivity index (χ2n) is 6.44. The van der Waals surface area contributed by atoms with Gasteiger partial charge >= 0.3 is 0 Å². The van der Waals surface area contributed by atoms with Crippen molar-refractivity contribution >= 4 is 19.8 Å². The van der Waals surface area contributed by atoms with Gasteiger partial charge in [0.1, 0.15) is 6.79 Å². The summed E-state index contributed by atoms with van der Waals surface area (Å²) in [6.07, 6.45) is 0. The Hall–Kier alpha value is -0.293. The molecule has 2 nitrogen and oxygen atoms in total. The Morgan fingerprint density at radius 2 is 1.80 bits per heavy atom. The summed E-state index contributed by atoms with van der Waals surface area (Å²) >= 11 is 1.88. The maximum absolute atomic E-state index is 5.58. The van der Waals surface area contributed by atoms with Gasteiger partial charge in [-0.05, 0) is 24.1 Å². The van der Waals surface area contributed by atoms with E-state index in [1.807, 2.05) is 17.8 Å². The first kappa shape index (κ1) is 17.8. The first-order valence-electron chi connectivity index (χ1n) is 7.31. The van der Waals surface area contributed by atoms with E-state index >= 15 is 0 Å². The van der Waals surface area contributed by atoms with Crippen LogP contribution in [0.4, 0.5) is 0 Å². The lowest BCUT2D eigenvalue weighted by Gasteiger charge is -2.16. The van der Waals surface area contributed by atoms with Crippen LogP contribution in [0.5, 0.6) is 0 Å². The van der Waals surface area contributed by atoms with Crippen LogP contribution in [0.25, 0.3) is 0 Å². The molecule has 0 aliphatic carbocycles. The normalized spacial score (nSPS) is 13.4. The molecular formula is C16H28O2SSi. The Bertz CT molecular complexity index is 351. The van der Waals surface area contributed by atoms with E-state index in [2.05, 4.69) is 50.8 Å². The Labute approximate surface area is 129 Å². The second-order valence-corrected chi connectivity index (χ2v) is 13.2. The fourth-order valence-corrected chi connectivity index (χ4v) is 3.23. The molecule has 0 bridgehead atoms. The summed E-state index contributed by atoms with van der Waals surface area (Å²) in [6.45, 7) is 11.3. The van der Waals surface area contributed by atoms with Crippen molar-refractivity contribution < 1.29 is 9.47 Å². The average molecular weight is 313 g/mol. The predicted octanol–water partition coefficient (Wildman–Crippen LogP) is 4.74. The third-order valence-electron chi connectivity index (χ3n) is 2.84. The number of ether oxygens (including phenoxy) is 2. The van der Waals surface area contributed by atoms with Gasteiger partial charge < -0.3 is 9.47 Å². The van der Waals surface area contributed by atoms with Gasteiger partial charge in [-0.1, -0.05) is 44.8 Å². The number of thioether (sulfide) groups is 1. The largest absolute Gasteiger partial charge is 0.356 e. The van der Waals surface area contributed by atoms with E-state index < -0.39 is 8.07 Å². The molecule has 0 fully saturated rings. The van der Waals surface area contributed by atoms with E-state index in [-0.39, 0.29) is 0 Å². The molecule has 1 atom stereocenters. The third-order valence-corrected chi connectivity index (χ3v) is 5.89. The Balaban J connectivity index is 1.99. The van der Waals surface area contributed by atoms with Gasteiger partial charge in [0.15, 0.2) is 0 Å². The highest BCUT2D eigenvalue weighted by atomic mass is 32.2. The lowest BCUT2D eigenvalue weighted by atomic mass is 10.2. The fourth-order valence-electron chi connectivity index (χ4n) is 1.55. The third kappa shape index (κ3) is 9.59. The minimum Gasteiger partial charge on any atom is -0.356 e. The van der Waals surface area contributed by atoms with Crippen molar-refractivity contribution in [2.24, 2.45) is 5.92 Å². The topological polar surface area (TPSA) is 18.5 Å². The van der Waals surface area contributed by atoms with Crippen molar-refractivity contribution in [3.05, 3.63) is 30.3 Å². The van der Waals surface area contributed by atoms with Gasteiger partial charge in [0.25, 0.3) is 0 Å². The highest BCUT2D eigenvalue weighted by molar-refractivity contribution is 7.99. The smallest absolute Gasteiger partial charge is 0.146 e. The van der Waals surface area contributed by atoms with E-state index in [1.54, 1.807) is 0 Å². The van der Waals surface area contributed by atoms with Crippen LogP contribution in [0.15, 0.2) is 35.2 Å². The molecule has 1 aromatic rings. The van der Waals surface area contributed by atoms with Gasteiger partial charge in [-0.15, -0.1) is 11.8 Å². The molecule has 0 saturated heterocycles. The molecule has 0 aromatic heterocycles. The van der Waals surface area contributed by atoms with Crippen molar-refractivity contribution in [2.75, 3.05) is 25.8 Å². The van der Waals surface area contributed by atoms with E-state index in [4.69, 9.17) is 9.47 Å². The standard InChI is InChI=1S/C16H28O2SSi/c1-15(13-19-16-8-6-5-7-9-16)12-18-14-17-10-11-20(2,3)4/h5-9,15H,10-14H2,1-4H3/t15-/m1/s1. The molecule has 0 aliphatic heterocycles. The van der Waals surface area contributed by atoms with Crippen LogP contribution in [-0.2, 0) is 9.47 Å². The predicted molar refractivity (Wildman–Crippen MR) is 91.3 cm³/mol. The van der Waals surface area contributed by atoms with E-state index in [0.29, 0.717) is 12.7 Å². The molecule has 20 heavy (non-hydrogen) atoms. The zero-order chi connectivity index (χ0) is 14.8. The van der Waals surface area contributed by atoms with E-state index in [9.17, 15) is 0 Å². The van der Waals surface area contributed by atoms with E-state index in [1.165, 1.54) is 10.9 Å². The lowest BCUT2D eigenvalue weighted by molar-refractivity contribution is -0.0570. The van der Waals surface area contributed by atoms with Gasteiger partial charge in [0.05, 0.1) is 6.61 Å². The van der Waals surface area contributed by atoms with Gasteiger partial charge in [-0.2, -0.15) is 0 Å². The average Bonchev–Trinajstić information content (AvgIpc) is 2.40. The summed E-state index contributed by atoms with van der Waals surface area (Å²) < 4.78 is 11.1. The molecular weight excluding hydrogens is 284 g/mol. The first-order chi connectivity index (χ1) is 9.47. The summed E-state index contributed by atoms with van der Waals surface area (Å²) in [7, 11) is -0.973. The lowest BCUT2D eigenvalue weighted by Crippen LogP contribution is -2.22. The van der Waals surface area contributed by atoms with Crippen LogP contribution in [-0.4, -0.2) is 33.8 Å². The molecule has 0 unspecified atom stereocenters. The highest BCUT2D eigenvalue weighted by Gasteiger charge is 2.12. The maximum Gasteiger partial charge on any atom is 0.146 e. The molecule has 0 saturated carbocycles. The van der Waals surface area contributed by atoms with Crippen LogP contribution < -0.4 is 0 Å². The quantitative estimate of drug-likeness (QED) is 0.269. The number of benzene rings is 1. The highest BCUT2D eigenvalue weighted by Crippen LogP contribution is 2.20. The van der Waals surface area contributed by atoms with Crippen molar-refractivity contribution in [2.45, 2.75) is 37.5 Å². The maximum atomic E-state index is 5.58. The Morgan fingerprint density at radius 3 is 2.45 bits per heavy atom. The van der Waals surface area contributed by atoms with Crippen molar-refractivity contribution in [1.82, 2.24) is 0 Å². The molecule has 1 aromatic carbocycles. The molecule has 0 spiro atoms. The van der Waals surface area contributed by atoms with Crippen LogP contribution in [0.1, 0.15) is 6.92 Å². The molecule has 0 heterocycles. The second kappa shape index (κ2) is 9.61. The summed E-state index contributed by atoms with van der Waals surface area (Å²) in [4.78, 5) is 1.32. The van der Waals surface area contributed by atoms with Gasteiger partial charge in [-0.3, -0.25) is 0 Å². The number of hydrogen-bond acceptors (Lipinski definition) is 3. The van der Waals surface area contributed by atoms with Crippen molar-refractivity contribution in [3.8, 4) is 0 Å². The van der Waals surface area contributed by atoms with Crippen LogP contribution in [0.3, 0.4) is 0 Å². The summed E-state index contributed by atoms with van der Waals surface area (Å²) in [5.74, 6) is 1.62. The van der Waals surface area contributed by atoms with Gasteiger partial charge in [-0.25, -0.2) is 0 Å². The first-order valence-corrected chi connectivity index (χ1v) is 12.0. The fraction of sp³-hybridized carbons (Fsp3) is 0.625. The monoisotopic (exact) mass is 312 g/mol. The van der Waals surface area contributed by atoms with Crippen molar-refractivity contribution in [1.29, 1.82) is 0 Å². The minimum atomic E-state index is -0.973. The number of rotatable bonds is 10. The molecule has 0 N–H and O–H groups in total. The zero-order valence-corrected chi connectivity index (χ0v) is 15.0. The summed E-state index contributed by atoms with van der Waals surface area (Å²) in [6, 6.07) is 11.7. The molecule has 0 amide bonds. The van der Waals surface area contributed by atoms with E-state index in [0.717, 1.165) is 19.0 Å². The summed E-state index contributed by atoms with van der Waals surface area (Å²) in [5.41, 5.74) is 0. The molecule has 114 valence electrons. The number of hydrogen-bond donors (Lipinski definition) is 0. The zero-order valence-electron chi connectivity index (χ0n) is 13.2. The molecule has 0 aliphatic rings. The SMILES string of the molecule is C[C@H](COCOCC[Si](C)(C)C)CSc1ccccc1. The summed E-state index contributed by atoms with van der Waals surface area (Å²) in [5, 5.41) is 0. The Morgan fingerprint density at radius 1 is 1.10 bits per heavy atom. The van der Waals surface area contributed by atoms with Crippen LogP contribution in [0.2, 0.25) is 25.7 Å². The van der Waals surface area contributed by atoms with Crippen LogP contribution in [0, 0.1) is 5.92 Å². The Kier molecular flexibility index (Phi) is 8.53. The molecule has 1 rings (SSSR count). The van der Waals surface area contributed by atoms with Crippen LogP contribution >= 0.6 is 11.8 Å². The molecule has 4 heteroatoms. The minimum absolute atomic E-state index is 0.435. The van der Waals surface area contributed by atoms with Crippen molar-refractivity contribution in [3.63, 3.8) is 0 Å². The molecule has 0 radical (unpaired) electrons. The van der Waals surface area contributed by atoms with Gasteiger partial charge in [0, 0.05) is 25.3 Å².